The molecule has 0 saturated heterocycles. The minimum Gasteiger partial charge on any atom is -0.462 e. The molecule has 0 saturated carbocycles. The van der Waals surface area contributed by atoms with Crippen LogP contribution >= 0.6 is 0 Å². The minimum atomic E-state index is -0.775. The smallest absolute Gasteiger partial charge is 0.306 e. The highest BCUT2D eigenvalue weighted by molar-refractivity contribution is 5.71. The van der Waals surface area contributed by atoms with Crippen LogP contribution in [0.25, 0.3) is 0 Å². The first-order chi connectivity index (χ1) is 37.5. The predicted octanol–water partition coefficient (Wildman–Crippen LogP) is 22.5. The lowest BCUT2D eigenvalue weighted by molar-refractivity contribution is -0.167. The molecule has 0 N–H and O–H groups in total. The van der Waals surface area contributed by atoms with Gasteiger partial charge in [-0.25, -0.2) is 0 Å². The van der Waals surface area contributed by atoms with Gasteiger partial charge in [0.2, 0.25) is 0 Å². The molecule has 440 valence electrons. The molecule has 0 aliphatic heterocycles. The molecule has 0 amide bonds. The van der Waals surface area contributed by atoms with Crippen LogP contribution in [0.5, 0.6) is 0 Å². The van der Waals surface area contributed by atoms with Gasteiger partial charge >= 0.3 is 17.9 Å². The summed E-state index contributed by atoms with van der Waals surface area (Å²) in [7, 11) is 0. The first kappa shape index (κ1) is 72.8. The van der Waals surface area contributed by atoms with Crippen LogP contribution in [0.2, 0.25) is 0 Å². The van der Waals surface area contributed by atoms with Gasteiger partial charge in [-0.05, 0) is 83.5 Å². The van der Waals surface area contributed by atoms with Gasteiger partial charge in [0, 0.05) is 19.3 Å². The number of esters is 3. The van der Waals surface area contributed by atoms with Gasteiger partial charge in [-0.15, -0.1) is 0 Å². The van der Waals surface area contributed by atoms with Crippen LogP contribution < -0.4 is 0 Å². The summed E-state index contributed by atoms with van der Waals surface area (Å²) in [4.78, 5) is 38.2. The van der Waals surface area contributed by atoms with Crippen molar-refractivity contribution in [1.29, 1.82) is 0 Å². The lowest BCUT2D eigenvalue weighted by Gasteiger charge is -2.18. The Labute approximate surface area is 472 Å². The Morgan fingerprint density at radius 2 is 0.526 bits per heavy atom. The molecule has 76 heavy (non-hydrogen) atoms. The summed E-state index contributed by atoms with van der Waals surface area (Å²) in [5.41, 5.74) is 0. The van der Waals surface area contributed by atoms with Gasteiger partial charge in [-0.1, -0.05) is 306 Å². The summed E-state index contributed by atoms with van der Waals surface area (Å²) in [6.45, 7) is 6.52. The molecule has 0 aliphatic carbocycles. The Bertz CT molecular complexity index is 1400. The molecule has 0 heterocycles. The summed E-state index contributed by atoms with van der Waals surface area (Å²) < 4.78 is 16.9. The van der Waals surface area contributed by atoms with Crippen molar-refractivity contribution in [3.63, 3.8) is 0 Å². The van der Waals surface area contributed by atoms with Crippen LogP contribution in [0.4, 0.5) is 0 Å². The van der Waals surface area contributed by atoms with Crippen LogP contribution in [0, 0.1) is 0 Å². The van der Waals surface area contributed by atoms with E-state index < -0.39 is 6.10 Å². The predicted molar refractivity (Wildman–Crippen MR) is 330 cm³/mol. The Kier molecular flexibility index (Phi) is 61.7. The summed E-state index contributed by atoms with van der Waals surface area (Å²) >= 11 is 0. The Morgan fingerprint density at radius 3 is 0.855 bits per heavy atom. The Morgan fingerprint density at radius 1 is 0.276 bits per heavy atom. The SMILES string of the molecule is CC/C=C\C/C=C\C/C=C\C/C=C\C/C=C\CCCCCCCCCCCCCCCCCC(=O)OCC(COC(=O)CCCCCCC/C=C\CCCC)OC(=O)CCCCCCCCCCCCCCCCCC. The van der Waals surface area contributed by atoms with E-state index in [1.807, 2.05) is 0 Å². The molecule has 0 rings (SSSR count). The fourth-order valence-electron chi connectivity index (χ4n) is 9.51. The van der Waals surface area contributed by atoms with E-state index in [1.165, 1.54) is 199 Å². The van der Waals surface area contributed by atoms with Gasteiger partial charge in [0.15, 0.2) is 6.10 Å². The lowest BCUT2D eigenvalue weighted by Crippen LogP contribution is -2.30. The van der Waals surface area contributed by atoms with E-state index in [2.05, 4.69) is 93.7 Å². The van der Waals surface area contributed by atoms with Crippen molar-refractivity contribution in [1.82, 2.24) is 0 Å². The molecule has 1 unspecified atom stereocenters. The third kappa shape index (κ3) is 61.7. The molecule has 0 fully saturated rings. The van der Waals surface area contributed by atoms with E-state index in [1.54, 1.807) is 0 Å². The number of allylic oxidation sites excluding steroid dienone is 12. The third-order valence-electron chi connectivity index (χ3n) is 14.4. The maximum absolute atomic E-state index is 12.9. The fraction of sp³-hybridized carbons (Fsp3) is 0.786. The number of rotatable bonds is 60. The van der Waals surface area contributed by atoms with Crippen molar-refractivity contribution >= 4 is 17.9 Å². The lowest BCUT2D eigenvalue weighted by atomic mass is 10.0. The molecular weight excluding hydrogens is 937 g/mol. The van der Waals surface area contributed by atoms with Crippen molar-refractivity contribution in [3.05, 3.63) is 72.9 Å². The van der Waals surface area contributed by atoms with Gasteiger partial charge in [-0.3, -0.25) is 14.4 Å². The standard InChI is InChI=1S/C70H124O6/c1-4-7-10-13-16-19-22-24-26-28-29-30-31-32-33-34-35-36-37-38-39-40-41-42-44-45-48-51-54-57-60-63-69(72)75-66-67(65-74-68(71)62-59-56-53-50-47-21-18-15-12-9-6-3)76-70(73)64-61-58-55-52-49-46-43-27-25-23-20-17-14-11-8-5-2/h7,10,15-16,18-19,24,26,29-30,32-33,67H,4-6,8-9,11-14,17,20-23,25,27-28,31,34-66H2,1-3H3/b10-7-,18-15-,19-16-,26-24-,30-29-,33-32-. The van der Waals surface area contributed by atoms with Gasteiger partial charge in [-0.2, -0.15) is 0 Å². The van der Waals surface area contributed by atoms with Crippen molar-refractivity contribution in [3.8, 4) is 0 Å². The molecule has 0 aliphatic rings. The Balaban J connectivity index is 4.14. The van der Waals surface area contributed by atoms with Crippen LogP contribution in [-0.4, -0.2) is 37.2 Å². The highest BCUT2D eigenvalue weighted by atomic mass is 16.6. The average molecular weight is 1060 g/mol. The summed E-state index contributed by atoms with van der Waals surface area (Å²) in [6, 6.07) is 0. The van der Waals surface area contributed by atoms with Crippen molar-refractivity contribution in [2.75, 3.05) is 13.2 Å². The van der Waals surface area contributed by atoms with E-state index >= 15 is 0 Å². The number of hydrogen-bond acceptors (Lipinski definition) is 6. The highest BCUT2D eigenvalue weighted by Crippen LogP contribution is 2.17. The van der Waals surface area contributed by atoms with E-state index in [-0.39, 0.29) is 31.1 Å². The summed E-state index contributed by atoms with van der Waals surface area (Å²) in [5.74, 6) is -0.866. The molecule has 0 radical (unpaired) electrons. The van der Waals surface area contributed by atoms with Crippen LogP contribution in [-0.2, 0) is 28.6 Å². The fourth-order valence-corrected chi connectivity index (χ4v) is 9.51. The second kappa shape index (κ2) is 64.4. The molecule has 0 spiro atoms. The van der Waals surface area contributed by atoms with Gasteiger partial charge in [0.05, 0.1) is 0 Å². The number of carbonyl (C=O) groups excluding carboxylic acids is 3. The molecule has 6 nitrogen and oxygen atoms in total. The maximum Gasteiger partial charge on any atom is 0.306 e. The molecule has 0 aromatic carbocycles. The van der Waals surface area contributed by atoms with Gasteiger partial charge in [0.25, 0.3) is 0 Å². The summed E-state index contributed by atoms with van der Waals surface area (Å²) in [6.07, 6.45) is 83.5. The first-order valence-electron chi connectivity index (χ1n) is 32.9. The first-order valence-corrected chi connectivity index (χ1v) is 32.9. The van der Waals surface area contributed by atoms with Gasteiger partial charge in [0.1, 0.15) is 13.2 Å². The normalized spacial score (nSPS) is 12.5. The topological polar surface area (TPSA) is 78.9 Å². The quantitative estimate of drug-likeness (QED) is 0.0261. The minimum absolute atomic E-state index is 0.0733. The maximum atomic E-state index is 12.9. The van der Waals surface area contributed by atoms with Crippen molar-refractivity contribution in [2.45, 2.75) is 341 Å². The molecule has 0 bridgehead atoms. The zero-order valence-corrected chi connectivity index (χ0v) is 50.5. The zero-order chi connectivity index (χ0) is 55.0. The zero-order valence-electron chi connectivity index (χ0n) is 50.5. The average Bonchev–Trinajstić information content (AvgIpc) is 3.42. The van der Waals surface area contributed by atoms with Crippen LogP contribution in [0.3, 0.4) is 0 Å². The highest BCUT2D eigenvalue weighted by Gasteiger charge is 2.19. The molecule has 6 heteroatoms. The van der Waals surface area contributed by atoms with E-state index in [4.69, 9.17) is 14.2 Å². The number of hydrogen-bond donors (Lipinski definition) is 0. The second-order valence-electron chi connectivity index (χ2n) is 22.0. The van der Waals surface area contributed by atoms with E-state index in [9.17, 15) is 14.4 Å². The summed E-state index contributed by atoms with van der Waals surface area (Å²) in [5, 5.41) is 0. The largest absolute Gasteiger partial charge is 0.462 e. The molecular formula is C70H124O6. The number of carbonyl (C=O) groups is 3. The number of ether oxygens (including phenoxy) is 3. The van der Waals surface area contributed by atoms with Crippen molar-refractivity contribution in [2.24, 2.45) is 0 Å². The van der Waals surface area contributed by atoms with E-state index in [0.717, 1.165) is 96.3 Å². The molecule has 0 aromatic rings. The number of unbranched alkanes of at least 4 members (excludes halogenated alkanes) is 37. The van der Waals surface area contributed by atoms with Crippen molar-refractivity contribution < 1.29 is 28.6 Å². The Hall–Kier alpha value is -3.15. The third-order valence-corrected chi connectivity index (χ3v) is 14.4. The van der Waals surface area contributed by atoms with Gasteiger partial charge < -0.3 is 14.2 Å². The molecule has 0 aromatic heterocycles. The monoisotopic (exact) mass is 1060 g/mol. The van der Waals surface area contributed by atoms with E-state index in [0.29, 0.717) is 19.3 Å². The second-order valence-corrected chi connectivity index (χ2v) is 22.0. The van der Waals surface area contributed by atoms with Crippen LogP contribution in [0.15, 0.2) is 72.9 Å². The molecule has 1 atom stereocenters. The van der Waals surface area contributed by atoms with Crippen LogP contribution in [0.1, 0.15) is 335 Å².